The molecule has 0 aliphatic rings. The van der Waals surface area contributed by atoms with Crippen LogP contribution in [0, 0.1) is 0 Å². The average molecular weight is 403 g/mol. The summed E-state index contributed by atoms with van der Waals surface area (Å²) in [7, 11) is 0.987. The second-order valence-corrected chi connectivity index (χ2v) is 6.71. The third kappa shape index (κ3) is 10.8. The van der Waals surface area contributed by atoms with Crippen LogP contribution in [0.2, 0.25) is 0 Å². The fourth-order valence-corrected chi connectivity index (χ4v) is 3.36. The minimum absolute atomic E-state index is 0. The molecule has 4 aromatic rings. The molecular formula is C24H25CoP. The predicted octanol–water partition coefficient (Wildman–Crippen LogP) is 6.87. The molecule has 26 heavy (non-hydrogen) atoms. The molecule has 2 heteroatoms. The molecule has 0 fully saturated rings. The van der Waals surface area contributed by atoms with E-state index in [0.717, 1.165) is 8.58 Å². The summed E-state index contributed by atoms with van der Waals surface area (Å²) in [6.07, 6.45) is 2.41. The first-order chi connectivity index (χ1) is 12.4. The zero-order chi connectivity index (χ0) is 17.4. The van der Waals surface area contributed by atoms with Crippen molar-refractivity contribution in [1.29, 1.82) is 0 Å². The van der Waals surface area contributed by atoms with Gasteiger partial charge in [-0.2, -0.15) is 36.4 Å². The van der Waals surface area contributed by atoms with Crippen molar-refractivity contribution in [1.82, 2.24) is 0 Å². The summed E-state index contributed by atoms with van der Waals surface area (Å²) in [6.45, 7) is 0. The Morgan fingerprint density at radius 3 is 1.12 bits per heavy atom. The molecule has 0 saturated carbocycles. The molecule has 4 rings (SSSR count). The molecule has 0 aromatic heterocycles. The van der Waals surface area contributed by atoms with Gasteiger partial charge in [0.15, 0.2) is 0 Å². The van der Waals surface area contributed by atoms with Crippen LogP contribution in [0.3, 0.4) is 0 Å². The number of hydrogen-bond donors (Lipinski definition) is 0. The predicted molar refractivity (Wildman–Crippen MR) is 113 cm³/mol. The van der Waals surface area contributed by atoms with Crippen molar-refractivity contribution in [3.63, 3.8) is 0 Å². The zero-order valence-electron chi connectivity index (χ0n) is 14.8. The third-order valence-corrected chi connectivity index (χ3v) is 4.77. The number of hydrogen-bond acceptors (Lipinski definition) is 0. The third-order valence-electron chi connectivity index (χ3n) is 3.46. The second kappa shape index (κ2) is 15.3. The van der Waals surface area contributed by atoms with Gasteiger partial charge in [0.2, 0.25) is 0 Å². The van der Waals surface area contributed by atoms with Gasteiger partial charge in [-0.3, -0.25) is 0 Å². The van der Waals surface area contributed by atoms with Crippen LogP contribution in [0.25, 0.3) is 0 Å². The summed E-state index contributed by atoms with van der Waals surface area (Å²) < 4.78 is 0. The average Bonchev–Trinajstić information content (AvgIpc) is 3.42. The molecule has 1 radical (unpaired) electrons. The van der Waals surface area contributed by atoms with Crippen molar-refractivity contribution < 1.29 is 16.8 Å². The van der Waals surface area contributed by atoms with Crippen LogP contribution in [0.1, 0.15) is 11.1 Å². The summed E-state index contributed by atoms with van der Waals surface area (Å²) in [4.78, 5) is 0. The van der Waals surface area contributed by atoms with Gasteiger partial charge in [0.05, 0.1) is 0 Å². The van der Waals surface area contributed by atoms with E-state index in [0.29, 0.717) is 0 Å². The molecule has 0 atom stereocenters. The summed E-state index contributed by atoms with van der Waals surface area (Å²) in [6, 6.07) is 41.4. The Hall–Kier alpha value is -1.92. The van der Waals surface area contributed by atoms with Gasteiger partial charge < -0.3 is 0 Å². The second-order valence-electron chi connectivity index (χ2n) is 5.50. The van der Waals surface area contributed by atoms with E-state index in [-0.39, 0.29) is 16.8 Å². The summed E-state index contributed by atoms with van der Waals surface area (Å²) in [5.74, 6) is 0. The fourth-order valence-electron chi connectivity index (χ4n) is 2.18. The summed E-state index contributed by atoms with van der Waals surface area (Å²) >= 11 is 0. The quantitative estimate of drug-likeness (QED) is 0.258. The van der Waals surface area contributed by atoms with E-state index in [1.807, 2.05) is 60.7 Å². The molecule has 0 N–H and O–H groups in total. The van der Waals surface area contributed by atoms with E-state index in [1.54, 1.807) is 0 Å². The molecule has 0 nitrogen and oxygen atoms in total. The molecule has 0 heterocycles. The van der Waals surface area contributed by atoms with Crippen molar-refractivity contribution in [2.24, 2.45) is 0 Å². The van der Waals surface area contributed by atoms with E-state index in [9.17, 15) is 0 Å². The van der Waals surface area contributed by atoms with Crippen LogP contribution in [0.5, 0.6) is 0 Å². The van der Waals surface area contributed by atoms with Gasteiger partial charge in [0.25, 0.3) is 0 Å². The van der Waals surface area contributed by atoms with Crippen LogP contribution in [-0.2, 0) is 29.1 Å². The van der Waals surface area contributed by atoms with E-state index >= 15 is 0 Å². The Morgan fingerprint density at radius 2 is 0.846 bits per heavy atom. The monoisotopic (exact) mass is 403 g/mol. The Labute approximate surface area is 170 Å². The maximum Gasteiger partial charge on any atom is 2.00 e. The normalized spacial score (nSPS) is 8.92. The van der Waals surface area contributed by atoms with Gasteiger partial charge >= 0.3 is 16.8 Å². The van der Waals surface area contributed by atoms with Gasteiger partial charge in [-0.15, -0.1) is 8.58 Å². The van der Waals surface area contributed by atoms with E-state index < -0.39 is 0 Å². The van der Waals surface area contributed by atoms with E-state index in [4.69, 9.17) is 0 Å². The molecule has 4 aromatic carbocycles. The molecule has 0 unspecified atom stereocenters. The zero-order valence-corrected chi connectivity index (χ0v) is 16.8. The van der Waals surface area contributed by atoms with E-state index in [2.05, 4.69) is 60.7 Å². The van der Waals surface area contributed by atoms with Crippen LogP contribution in [0.15, 0.2) is 121 Å². The van der Waals surface area contributed by atoms with Crippen LogP contribution < -0.4 is 0 Å². The van der Waals surface area contributed by atoms with Crippen molar-refractivity contribution in [2.75, 3.05) is 0 Å². The fraction of sp³-hybridized carbons (Fsp3) is 0.0833. The maximum absolute atomic E-state index is 2.21. The Morgan fingerprint density at radius 1 is 0.500 bits per heavy atom. The van der Waals surface area contributed by atoms with Gasteiger partial charge in [-0.1, -0.05) is 60.7 Å². The van der Waals surface area contributed by atoms with Crippen molar-refractivity contribution in [3.05, 3.63) is 132 Å². The summed E-state index contributed by atoms with van der Waals surface area (Å²) in [5.41, 5.74) is 2.90. The van der Waals surface area contributed by atoms with Crippen LogP contribution >= 0.6 is 8.58 Å². The first kappa shape index (κ1) is 22.1. The molecule has 0 amide bonds. The van der Waals surface area contributed by atoms with Gasteiger partial charge in [-0.25, -0.2) is 24.3 Å². The Kier molecular flexibility index (Phi) is 13.1. The minimum Gasteiger partial charge on any atom is -0.214 e. The van der Waals surface area contributed by atoms with Crippen LogP contribution in [0.4, 0.5) is 0 Å². The number of benzene rings is 2. The number of rotatable bonds is 4. The van der Waals surface area contributed by atoms with Crippen LogP contribution in [-0.4, -0.2) is 0 Å². The Bertz CT molecular complexity index is 616. The van der Waals surface area contributed by atoms with Crippen molar-refractivity contribution >= 4 is 8.58 Å². The first-order valence-electron chi connectivity index (χ1n) is 8.57. The van der Waals surface area contributed by atoms with Gasteiger partial charge in [-0.05, 0) is 23.5 Å². The molecule has 0 aliphatic heterocycles. The standard InChI is InChI=1S/C14H15P.2C5H5.Co/c1-3-7-13(8-4-1)11-15-12-14-9-5-2-6-10-14;2*1-2-4-5-3-1;/h1-10,15H,11-12H2;2*1-5H;/q;2*-1;+2. The SMILES string of the molecule is [Co+2].c1cc[cH-]c1.c1cc[cH-]c1.c1ccc(CPCc2ccccc2)cc1. The maximum atomic E-state index is 2.21. The molecule has 0 spiro atoms. The molecular weight excluding hydrogens is 378 g/mol. The topological polar surface area (TPSA) is 0 Å². The van der Waals surface area contributed by atoms with Gasteiger partial charge in [0, 0.05) is 0 Å². The largest absolute Gasteiger partial charge is 2.00 e. The summed E-state index contributed by atoms with van der Waals surface area (Å²) in [5, 5.41) is 0. The van der Waals surface area contributed by atoms with Gasteiger partial charge in [0.1, 0.15) is 0 Å². The van der Waals surface area contributed by atoms with E-state index in [1.165, 1.54) is 23.5 Å². The first-order valence-corrected chi connectivity index (χ1v) is 9.98. The molecule has 0 aliphatic carbocycles. The smallest absolute Gasteiger partial charge is 0.214 e. The molecule has 0 bridgehead atoms. The Balaban J connectivity index is 0.000000251. The van der Waals surface area contributed by atoms with Crippen molar-refractivity contribution in [3.8, 4) is 0 Å². The van der Waals surface area contributed by atoms with Crippen molar-refractivity contribution in [2.45, 2.75) is 12.3 Å². The minimum atomic E-state index is 0. The molecule has 135 valence electrons. The molecule has 0 saturated heterocycles.